The van der Waals surface area contributed by atoms with Crippen molar-refractivity contribution in [2.75, 3.05) is 6.54 Å². The quantitative estimate of drug-likeness (QED) is 0.921. The third kappa shape index (κ3) is 2.84. The zero-order valence-electron chi connectivity index (χ0n) is 12.2. The van der Waals surface area contributed by atoms with Gasteiger partial charge in [0.25, 0.3) is 0 Å². The van der Waals surface area contributed by atoms with Gasteiger partial charge in [-0.3, -0.25) is 4.98 Å². The second-order valence-electron chi connectivity index (χ2n) is 6.06. The summed E-state index contributed by atoms with van der Waals surface area (Å²) in [6.45, 7) is 0.969. The van der Waals surface area contributed by atoms with Crippen LogP contribution < -0.4 is 5.73 Å². The van der Waals surface area contributed by atoms with Crippen LogP contribution in [0.5, 0.6) is 0 Å². The fourth-order valence-corrected chi connectivity index (χ4v) is 5.40. The van der Waals surface area contributed by atoms with E-state index in [1.165, 1.54) is 31.9 Å². The molecule has 1 aliphatic heterocycles. The summed E-state index contributed by atoms with van der Waals surface area (Å²) < 4.78 is 27.4. The van der Waals surface area contributed by atoms with Crippen molar-refractivity contribution >= 4 is 10.0 Å². The average Bonchev–Trinajstić information content (AvgIpc) is 3.17. The van der Waals surface area contributed by atoms with Crippen LogP contribution in [0.3, 0.4) is 0 Å². The molecule has 0 radical (unpaired) electrons. The lowest BCUT2D eigenvalue weighted by Gasteiger charge is -2.28. The number of nitrogens with zero attached hydrogens (tertiary/aromatic N) is 2. The molecule has 1 aliphatic carbocycles. The summed E-state index contributed by atoms with van der Waals surface area (Å²) in [5.41, 5.74) is 6.22. The van der Waals surface area contributed by atoms with Gasteiger partial charge in [-0.2, -0.15) is 4.31 Å². The fraction of sp³-hybridized carbons (Fsp3) is 0.667. The highest BCUT2D eigenvalue weighted by Gasteiger charge is 2.40. The Kier molecular flexibility index (Phi) is 4.28. The number of rotatable bonds is 4. The van der Waals surface area contributed by atoms with Crippen LogP contribution in [0.25, 0.3) is 0 Å². The van der Waals surface area contributed by atoms with Gasteiger partial charge in [0.15, 0.2) is 0 Å². The van der Waals surface area contributed by atoms with Crippen molar-refractivity contribution in [3.8, 4) is 0 Å². The van der Waals surface area contributed by atoms with E-state index in [2.05, 4.69) is 4.98 Å². The van der Waals surface area contributed by atoms with Crippen molar-refractivity contribution in [2.24, 2.45) is 11.7 Å². The number of hydrogen-bond acceptors (Lipinski definition) is 4. The lowest BCUT2D eigenvalue weighted by Crippen LogP contribution is -2.39. The third-order valence-corrected chi connectivity index (χ3v) is 6.71. The molecule has 1 atom stereocenters. The van der Waals surface area contributed by atoms with Gasteiger partial charge < -0.3 is 5.73 Å². The predicted molar refractivity (Wildman–Crippen MR) is 81.0 cm³/mol. The van der Waals surface area contributed by atoms with Crippen LogP contribution in [0.1, 0.15) is 44.2 Å². The van der Waals surface area contributed by atoms with Gasteiger partial charge >= 0.3 is 0 Å². The minimum Gasteiger partial charge on any atom is -0.325 e. The maximum absolute atomic E-state index is 12.9. The fourth-order valence-electron chi connectivity index (χ4n) is 3.70. The number of hydrogen-bond donors (Lipinski definition) is 1. The maximum Gasteiger partial charge on any atom is 0.244 e. The first-order chi connectivity index (χ1) is 10.1. The molecule has 6 heteroatoms. The lowest BCUT2D eigenvalue weighted by molar-refractivity contribution is 0.288. The summed E-state index contributed by atoms with van der Waals surface area (Å²) in [5, 5.41) is 0. The van der Waals surface area contributed by atoms with Crippen LogP contribution in [0.15, 0.2) is 23.2 Å². The van der Waals surface area contributed by atoms with Gasteiger partial charge in [-0.05, 0) is 43.7 Å². The van der Waals surface area contributed by atoms with E-state index < -0.39 is 10.0 Å². The molecule has 1 unspecified atom stereocenters. The molecule has 3 rings (SSSR count). The molecule has 1 aromatic heterocycles. The second-order valence-corrected chi connectivity index (χ2v) is 7.95. The van der Waals surface area contributed by atoms with Crippen molar-refractivity contribution in [2.45, 2.75) is 56.0 Å². The van der Waals surface area contributed by atoms with E-state index in [-0.39, 0.29) is 6.04 Å². The van der Waals surface area contributed by atoms with E-state index in [1.54, 1.807) is 16.4 Å². The Morgan fingerprint density at radius 2 is 1.95 bits per heavy atom. The van der Waals surface area contributed by atoms with Crippen molar-refractivity contribution < 1.29 is 8.42 Å². The van der Waals surface area contributed by atoms with Gasteiger partial charge in [0.05, 0.1) is 5.69 Å². The average molecular weight is 309 g/mol. The predicted octanol–water partition coefficient (Wildman–Crippen LogP) is 1.88. The number of aromatic nitrogens is 1. The Hall–Kier alpha value is -0.980. The molecule has 2 heterocycles. The number of sulfonamides is 1. The third-order valence-electron chi connectivity index (χ3n) is 4.81. The molecule has 0 aromatic carbocycles. The Balaban J connectivity index is 1.85. The first-order valence-electron chi connectivity index (χ1n) is 7.80. The van der Waals surface area contributed by atoms with Crippen molar-refractivity contribution in [1.29, 1.82) is 0 Å². The van der Waals surface area contributed by atoms with Crippen LogP contribution in [0.4, 0.5) is 0 Å². The van der Waals surface area contributed by atoms with Crippen molar-refractivity contribution in [3.63, 3.8) is 0 Å². The molecular formula is C15H23N3O2S. The Morgan fingerprint density at radius 1 is 1.19 bits per heavy atom. The summed E-state index contributed by atoms with van der Waals surface area (Å²) in [6.07, 6.45) is 8.22. The molecular weight excluding hydrogens is 286 g/mol. The number of pyridine rings is 1. The van der Waals surface area contributed by atoms with Crippen LogP contribution in [0.2, 0.25) is 0 Å². The lowest BCUT2D eigenvalue weighted by atomic mass is 9.97. The van der Waals surface area contributed by atoms with Crippen molar-refractivity contribution in [1.82, 2.24) is 9.29 Å². The molecule has 5 nitrogen and oxygen atoms in total. The van der Waals surface area contributed by atoms with Gasteiger partial charge in [0.1, 0.15) is 4.90 Å². The Bertz CT molecular complexity index is 579. The maximum atomic E-state index is 12.9. The highest BCUT2D eigenvalue weighted by atomic mass is 32.2. The molecule has 0 amide bonds. The first-order valence-corrected chi connectivity index (χ1v) is 9.24. The summed E-state index contributed by atoms with van der Waals surface area (Å²) in [4.78, 5) is 4.42. The molecule has 0 spiro atoms. The largest absolute Gasteiger partial charge is 0.325 e. The molecule has 2 aliphatic rings. The van der Waals surface area contributed by atoms with E-state index in [1.807, 2.05) is 0 Å². The Morgan fingerprint density at radius 3 is 2.57 bits per heavy atom. The van der Waals surface area contributed by atoms with Gasteiger partial charge in [-0.15, -0.1) is 0 Å². The van der Waals surface area contributed by atoms with Crippen LogP contribution in [-0.4, -0.2) is 30.3 Å². The summed E-state index contributed by atoms with van der Waals surface area (Å²) in [6, 6.07) is 3.52. The molecule has 116 valence electrons. The van der Waals surface area contributed by atoms with E-state index in [0.717, 1.165) is 12.8 Å². The molecule has 21 heavy (non-hydrogen) atoms. The molecule has 2 fully saturated rings. The molecule has 1 saturated heterocycles. The topological polar surface area (TPSA) is 76.3 Å². The molecule has 2 N–H and O–H groups in total. The van der Waals surface area contributed by atoms with Crippen LogP contribution in [0, 0.1) is 5.92 Å². The summed E-state index contributed by atoms with van der Waals surface area (Å²) in [7, 11) is -3.42. The van der Waals surface area contributed by atoms with Gasteiger partial charge in [-0.1, -0.05) is 12.8 Å². The van der Waals surface area contributed by atoms with E-state index in [9.17, 15) is 8.42 Å². The van der Waals surface area contributed by atoms with Gasteiger partial charge in [0, 0.05) is 25.3 Å². The molecule has 0 bridgehead atoms. The number of nitrogens with two attached hydrogens (primary N) is 1. The SMILES string of the molecule is NCc1ccc(S(=O)(=O)N2CCCC2C2CCCC2)cn1. The Labute approximate surface area is 126 Å². The van der Waals surface area contributed by atoms with Crippen LogP contribution in [-0.2, 0) is 16.6 Å². The summed E-state index contributed by atoms with van der Waals surface area (Å²) >= 11 is 0. The smallest absolute Gasteiger partial charge is 0.244 e. The minimum absolute atomic E-state index is 0.187. The van der Waals surface area contributed by atoms with Gasteiger partial charge in [-0.25, -0.2) is 8.42 Å². The minimum atomic E-state index is -3.42. The zero-order chi connectivity index (χ0) is 14.9. The van der Waals surface area contributed by atoms with Gasteiger partial charge in [0.2, 0.25) is 10.0 Å². The van der Waals surface area contributed by atoms with Crippen LogP contribution >= 0.6 is 0 Å². The summed E-state index contributed by atoms with van der Waals surface area (Å²) in [5.74, 6) is 0.540. The monoisotopic (exact) mass is 309 g/mol. The standard InChI is InChI=1S/C15H23N3O2S/c16-10-13-7-8-14(11-17-13)21(19,20)18-9-3-6-15(18)12-4-1-2-5-12/h7-8,11-12,15H,1-6,9-10,16H2. The molecule has 1 saturated carbocycles. The first kappa shape index (κ1) is 14.9. The normalized spacial score (nSPS) is 24.7. The molecule has 1 aromatic rings. The van der Waals surface area contributed by atoms with E-state index in [0.29, 0.717) is 29.6 Å². The zero-order valence-corrected chi connectivity index (χ0v) is 13.1. The highest BCUT2D eigenvalue weighted by Crippen LogP contribution is 2.37. The van der Waals surface area contributed by atoms with Crippen molar-refractivity contribution in [3.05, 3.63) is 24.0 Å². The highest BCUT2D eigenvalue weighted by molar-refractivity contribution is 7.89. The van der Waals surface area contributed by atoms with E-state index in [4.69, 9.17) is 5.73 Å². The van der Waals surface area contributed by atoms with E-state index >= 15 is 0 Å². The second kappa shape index (κ2) is 6.02.